The van der Waals surface area contributed by atoms with Crippen LogP contribution in [0.2, 0.25) is 0 Å². The predicted octanol–water partition coefficient (Wildman–Crippen LogP) is 1.81. The SMILES string of the molecule is CN(C)C(=O)N(C)C.O=C(Cl)Cl. The van der Waals surface area contributed by atoms with Crippen molar-refractivity contribution in [3.63, 3.8) is 0 Å². The second-order valence-corrected chi connectivity index (χ2v) is 3.18. The van der Waals surface area contributed by atoms with Crippen LogP contribution in [0, 0.1) is 0 Å². The first kappa shape index (κ1) is 14.1. The third-order valence-electron chi connectivity index (χ3n) is 0.765. The van der Waals surface area contributed by atoms with E-state index in [1.54, 1.807) is 28.2 Å². The molecule has 0 aliphatic heterocycles. The van der Waals surface area contributed by atoms with Gasteiger partial charge in [0.05, 0.1) is 0 Å². The van der Waals surface area contributed by atoms with Crippen LogP contribution in [-0.4, -0.2) is 48.7 Å². The van der Waals surface area contributed by atoms with Gasteiger partial charge in [-0.05, 0) is 23.2 Å². The van der Waals surface area contributed by atoms with Crippen molar-refractivity contribution >= 4 is 33.9 Å². The highest BCUT2D eigenvalue weighted by Crippen LogP contribution is 1.84. The predicted molar refractivity (Wildman–Crippen MR) is 49.9 cm³/mol. The summed E-state index contributed by atoms with van der Waals surface area (Å²) in [4.78, 5) is 22.7. The first-order valence-corrected chi connectivity index (χ1v) is 3.78. The lowest BCUT2D eigenvalue weighted by Gasteiger charge is -2.16. The van der Waals surface area contributed by atoms with Crippen LogP contribution in [0.4, 0.5) is 9.59 Å². The van der Waals surface area contributed by atoms with E-state index in [-0.39, 0.29) is 6.03 Å². The molecule has 0 heterocycles. The smallest absolute Gasteiger partial charge is 0.318 e. The molecule has 2 amide bonds. The van der Waals surface area contributed by atoms with E-state index in [2.05, 4.69) is 23.2 Å². The van der Waals surface area contributed by atoms with Gasteiger partial charge in [-0.3, -0.25) is 4.79 Å². The van der Waals surface area contributed by atoms with Crippen LogP contribution in [0.1, 0.15) is 0 Å². The highest BCUT2D eigenvalue weighted by molar-refractivity contribution is 6.93. The van der Waals surface area contributed by atoms with Crippen LogP contribution < -0.4 is 0 Å². The summed E-state index contributed by atoms with van der Waals surface area (Å²) in [7, 11) is 6.90. The maximum Gasteiger partial charge on any atom is 0.318 e. The fraction of sp³-hybridized carbons (Fsp3) is 0.667. The number of amides is 2. The third-order valence-corrected chi connectivity index (χ3v) is 0.765. The molecule has 0 aromatic carbocycles. The first-order chi connectivity index (χ1) is 5.29. The maximum atomic E-state index is 10.7. The molecular weight excluding hydrogens is 203 g/mol. The third kappa shape index (κ3) is 12.2. The summed E-state index contributed by atoms with van der Waals surface area (Å²) in [6.45, 7) is 0. The van der Waals surface area contributed by atoms with Crippen molar-refractivity contribution in [2.45, 2.75) is 0 Å². The number of urea groups is 1. The minimum atomic E-state index is -0.889. The van der Waals surface area contributed by atoms with E-state index in [1.165, 1.54) is 9.80 Å². The number of nitrogens with zero attached hydrogens (tertiary/aromatic N) is 2. The van der Waals surface area contributed by atoms with E-state index >= 15 is 0 Å². The largest absolute Gasteiger partial charge is 0.331 e. The molecular formula is C6H12Cl2N2O2. The Bertz CT molecular complexity index is 146. The lowest BCUT2D eigenvalue weighted by atomic mass is 10.7. The van der Waals surface area contributed by atoms with E-state index in [1.807, 2.05) is 0 Å². The Morgan fingerprint density at radius 3 is 1.08 bits per heavy atom. The van der Waals surface area contributed by atoms with Gasteiger partial charge in [-0.25, -0.2) is 4.79 Å². The van der Waals surface area contributed by atoms with Gasteiger partial charge >= 0.3 is 10.7 Å². The summed E-state index contributed by atoms with van der Waals surface area (Å²) in [5.41, 5.74) is 0. The van der Waals surface area contributed by atoms with Gasteiger partial charge in [-0.1, -0.05) is 0 Å². The molecule has 0 fully saturated rings. The monoisotopic (exact) mass is 214 g/mol. The zero-order chi connectivity index (χ0) is 10.3. The van der Waals surface area contributed by atoms with E-state index < -0.39 is 4.70 Å². The molecule has 0 rings (SSSR count). The molecule has 0 aromatic rings. The fourth-order valence-electron chi connectivity index (χ4n) is 0.400. The summed E-state index contributed by atoms with van der Waals surface area (Å²) in [5.74, 6) is 0. The average molecular weight is 215 g/mol. The van der Waals surface area contributed by atoms with E-state index in [0.29, 0.717) is 0 Å². The Morgan fingerprint density at radius 2 is 1.08 bits per heavy atom. The minimum absolute atomic E-state index is 0.0185. The van der Waals surface area contributed by atoms with E-state index in [9.17, 15) is 4.79 Å². The van der Waals surface area contributed by atoms with Crippen LogP contribution >= 0.6 is 23.2 Å². The molecule has 0 aliphatic carbocycles. The summed E-state index contributed by atoms with van der Waals surface area (Å²) in [6, 6.07) is 0.0185. The quantitative estimate of drug-likeness (QED) is 0.578. The highest BCUT2D eigenvalue weighted by atomic mass is 35.5. The van der Waals surface area contributed by atoms with Crippen LogP contribution in [0.15, 0.2) is 0 Å². The normalized spacial score (nSPS) is 7.83. The molecule has 72 valence electrons. The molecule has 0 bridgehead atoms. The average Bonchev–Trinajstić information content (AvgIpc) is 1.84. The molecule has 12 heavy (non-hydrogen) atoms. The maximum absolute atomic E-state index is 10.7. The van der Waals surface area contributed by atoms with Crippen LogP contribution in [-0.2, 0) is 0 Å². The molecule has 6 heteroatoms. The van der Waals surface area contributed by atoms with Crippen molar-refractivity contribution in [2.75, 3.05) is 28.2 Å². The van der Waals surface area contributed by atoms with Gasteiger partial charge in [-0.2, -0.15) is 0 Å². The van der Waals surface area contributed by atoms with Gasteiger partial charge < -0.3 is 9.80 Å². The summed E-state index contributed by atoms with van der Waals surface area (Å²) < 4.78 is -0.889. The summed E-state index contributed by atoms with van der Waals surface area (Å²) in [5, 5.41) is 0. The van der Waals surface area contributed by atoms with E-state index in [0.717, 1.165) is 0 Å². The Hall–Kier alpha value is -0.480. The standard InChI is InChI=1S/C5H12N2O.CCl2O/c1-6(2)5(8)7(3)4;2-1(3)4/h1-4H3;. The number of rotatable bonds is 0. The van der Waals surface area contributed by atoms with Gasteiger partial charge in [0.15, 0.2) is 0 Å². The van der Waals surface area contributed by atoms with Crippen LogP contribution in [0.25, 0.3) is 0 Å². The Balaban J connectivity index is 0. The molecule has 4 nitrogen and oxygen atoms in total. The molecule has 0 unspecified atom stereocenters. The Kier molecular flexibility index (Phi) is 8.42. The molecule has 0 saturated heterocycles. The number of hydrogen-bond donors (Lipinski definition) is 0. The van der Waals surface area contributed by atoms with Crippen LogP contribution in [0.5, 0.6) is 0 Å². The minimum Gasteiger partial charge on any atom is -0.331 e. The number of carbonyl (C=O) groups excluding carboxylic acids is 2. The van der Waals surface area contributed by atoms with Gasteiger partial charge in [0, 0.05) is 28.2 Å². The Labute approximate surface area is 82.0 Å². The molecule has 0 spiro atoms. The van der Waals surface area contributed by atoms with Crippen molar-refractivity contribution in [1.82, 2.24) is 9.80 Å². The fourth-order valence-corrected chi connectivity index (χ4v) is 0.400. The molecule has 0 aromatic heterocycles. The number of hydrogen-bond acceptors (Lipinski definition) is 2. The molecule has 0 saturated carbocycles. The molecule has 0 atom stereocenters. The van der Waals surface area contributed by atoms with Gasteiger partial charge in [0.1, 0.15) is 0 Å². The highest BCUT2D eigenvalue weighted by Gasteiger charge is 2.02. The zero-order valence-electron chi connectivity index (χ0n) is 7.47. The number of halogens is 2. The lowest BCUT2D eigenvalue weighted by Crippen LogP contribution is -2.33. The van der Waals surface area contributed by atoms with Gasteiger partial charge in [-0.15, -0.1) is 0 Å². The van der Waals surface area contributed by atoms with Crippen molar-refractivity contribution in [1.29, 1.82) is 0 Å². The molecule has 0 radical (unpaired) electrons. The molecule has 0 N–H and O–H groups in total. The second-order valence-electron chi connectivity index (χ2n) is 2.30. The van der Waals surface area contributed by atoms with Crippen molar-refractivity contribution < 1.29 is 9.59 Å². The lowest BCUT2D eigenvalue weighted by molar-refractivity contribution is 0.191. The zero-order valence-corrected chi connectivity index (χ0v) is 8.98. The van der Waals surface area contributed by atoms with Crippen molar-refractivity contribution in [2.24, 2.45) is 0 Å². The molecule has 0 aliphatic rings. The summed E-state index contributed by atoms with van der Waals surface area (Å²) in [6.07, 6.45) is 0. The second kappa shape index (κ2) is 7.18. The van der Waals surface area contributed by atoms with Crippen LogP contribution in [0.3, 0.4) is 0 Å². The van der Waals surface area contributed by atoms with Crippen molar-refractivity contribution in [3.8, 4) is 0 Å². The van der Waals surface area contributed by atoms with Gasteiger partial charge in [0.25, 0.3) is 0 Å². The Morgan fingerprint density at radius 1 is 0.917 bits per heavy atom. The van der Waals surface area contributed by atoms with Crippen molar-refractivity contribution in [3.05, 3.63) is 0 Å². The van der Waals surface area contributed by atoms with Gasteiger partial charge in [0.2, 0.25) is 0 Å². The van der Waals surface area contributed by atoms with E-state index in [4.69, 9.17) is 4.79 Å². The summed E-state index contributed by atoms with van der Waals surface area (Å²) >= 11 is 8.80. The number of carbonyl (C=O) groups is 2. The topological polar surface area (TPSA) is 40.6 Å². The first-order valence-electron chi connectivity index (χ1n) is 3.02.